The molecular weight excluding hydrogens is 522 g/mol. The number of hydrogen-bond donors (Lipinski definition) is 1. The molecular formula is C32H41N3O4S. The molecule has 0 aromatic heterocycles. The molecule has 1 unspecified atom stereocenters. The number of anilines is 1. The van der Waals surface area contributed by atoms with Gasteiger partial charge in [0.2, 0.25) is 11.8 Å². The minimum atomic E-state index is -4.08. The van der Waals surface area contributed by atoms with Crippen molar-refractivity contribution in [1.29, 1.82) is 0 Å². The van der Waals surface area contributed by atoms with Crippen molar-refractivity contribution in [3.63, 3.8) is 0 Å². The van der Waals surface area contributed by atoms with Gasteiger partial charge in [-0.25, -0.2) is 8.42 Å². The van der Waals surface area contributed by atoms with Gasteiger partial charge in [0.25, 0.3) is 10.0 Å². The first-order valence-corrected chi connectivity index (χ1v) is 15.5. The van der Waals surface area contributed by atoms with E-state index in [2.05, 4.69) is 5.32 Å². The summed E-state index contributed by atoms with van der Waals surface area (Å²) in [6.45, 7) is 8.12. The molecule has 40 heavy (non-hydrogen) atoms. The number of nitrogens with zero attached hydrogens (tertiary/aromatic N) is 2. The van der Waals surface area contributed by atoms with Crippen LogP contribution < -0.4 is 9.62 Å². The Kier molecular flexibility index (Phi) is 11.3. The van der Waals surface area contributed by atoms with Crippen LogP contribution in [0.5, 0.6) is 0 Å². The summed E-state index contributed by atoms with van der Waals surface area (Å²) >= 11 is 0. The molecule has 3 aromatic rings. The van der Waals surface area contributed by atoms with E-state index in [4.69, 9.17) is 0 Å². The van der Waals surface area contributed by atoms with Gasteiger partial charge in [0, 0.05) is 13.1 Å². The number of aryl methyl sites for hydroxylation is 2. The molecule has 1 N–H and O–H groups in total. The van der Waals surface area contributed by atoms with Crippen LogP contribution in [0.2, 0.25) is 0 Å². The number of amides is 2. The fourth-order valence-corrected chi connectivity index (χ4v) is 6.16. The predicted octanol–water partition coefficient (Wildman–Crippen LogP) is 5.48. The number of benzene rings is 3. The molecule has 214 valence electrons. The number of unbranched alkanes of at least 4 members (excludes halogenated alkanes) is 1. The lowest BCUT2D eigenvalue weighted by Gasteiger charge is -2.34. The molecule has 2 amide bonds. The van der Waals surface area contributed by atoms with Crippen LogP contribution in [-0.2, 0) is 32.6 Å². The fraction of sp³-hybridized carbons (Fsp3) is 0.375. The van der Waals surface area contributed by atoms with Crippen molar-refractivity contribution in [3.05, 3.63) is 95.6 Å². The molecule has 0 bridgehead atoms. The largest absolute Gasteiger partial charge is 0.354 e. The Morgan fingerprint density at radius 1 is 0.850 bits per heavy atom. The van der Waals surface area contributed by atoms with Crippen molar-refractivity contribution in [2.24, 2.45) is 0 Å². The van der Waals surface area contributed by atoms with E-state index in [1.807, 2.05) is 64.1 Å². The molecule has 8 heteroatoms. The van der Waals surface area contributed by atoms with E-state index in [9.17, 15) is 18.0 Å². The van der Waals surface area contributed by atoms with Crippen LogP contribution in [0, 0.1) is 6.92 Å². The van der Waals surface area contributed by atoms with Crippen LogP contribution in [-0.4, -0.2) is 44.3 Å². The van der Waals surface area contributed by atoms with Gasteiger partial charge in [0.1, 0.15) is 12.6 Å². The maximum atomic E-state index is 14.2. The summed E-state index contributed by atoms with van der Waals surface area (Å²) in [5, 5.41) is 2.97. The summed E-state index contributed by atoms with van der Waals surface area (Å²) < 4.78 is 29.2. The van der Waals surface area contributed by atoms with Gasteiger partial charge >= 0.3 is 0 Å². The lowest BCUT2D eigenvalue weighted by Crippen LogP contribution is -2.52. The van der Waals surface area contributed by atoms with E-state index in [-0.39, 0.29) is 17.3 Å². The van der Waals surface area contributed by atoms with Crippen molar-refractivity contribution in [2.75, 3.05) is 17.4 Å². The van der Waals surface area contributed by atoms with Gasteiger partial charge in [-0.1, -0.05) is 87.9 Å². The molecule has 7 nitrogen and oxygen atoms in total. The van der Waals surface area contributed by atoms with Gasteiger partial charge in [-0.05, 0) is 61.1 Å². The highest BCUT2D eigenvalue weighted by atomic mass is 32.2. The van der Waals surface area contributed by atoms with Crippen molar-refractivity contribution >= 4 is 27.5 Å². The minimum Gasteiger partial charge on any atom is -0.354 e. The summed E-state index contributed by atoms with van der Waals surface area (Å²) in [5.74, 6) is -0.671. The van der Waals surface area contributed by atoms with E-state index >= 15 is 0 Å². The Bertz CT molecular complexity index is 1380. The minimum absolute atomic E-state index is 0.100. The van der Waals surface area contributed by atoms with Gasteiger partial charge in [-0.3, -0.25) is 13.9 Å². The van der Waals surface area contributed by atoms with E-state index in [0.717, 1.165) is 29.5 Å². The van der Waals surface area contributed by atoms with E-state index in [1.54, 1.807) is 30.3 Å². The SMILES string of the molecule is CCCCNC(=O)C(CC)N(Cc1ccccc1C)C(=O)CN(c1ccccc1CC)S(=O)(=O)c1ccccc1. The first-order chi connectivity index (χ1) is 19.2. The third kappa shape index (κ3) is 7.50. The maximum absolute atomic E-state index is 14.2. The number of rotatable bonds is 14. The summed E-state index contributed by atoms with van der Waals surface area (Å²) in [6, 6.07) is 22.3. The Labute approximate surface area is 239 Å². The third-order valence-electron chi connectivity index (χ3n) is 7.07. The first kappa shape index (κ1) is 30.9. The van der Waals surface area contributed by atoms with Crippen molar-refractivity contribution in [1.82, 2.24) is 10.2 Å². The zero-order valence-electron chi connectivity index (χ0n) is 24.0. The molecule has 3 aromatic carbocycles. The molecule has 3 rings (SSSR count). The van der Waals surface area contributed by atoms with Crippen LogP contribution >= 0.6 is 0 Å². The smallest absolute Gasteiger partial charge is 0.264 e. The molecule has 0 saturated carbocycles. The number of carbonyl (C=O) groups excluding carboxylic acids is 2. The average molecular weight is 564 g/mol. The van der Waals surface area contributed by atoms with Crippen LogP contribution in [0.3, 0.4) is 0 Å². The van der Waals surface area contributed by atoms with Gasteiger partial charge in [0.05, 0.1) is 10.6 Å². The van der Waals surface area contributed by atoms with Gasteiger partial charge in [0.15, 0.2) is 0 Å². The lowest BCUT2D eigenvalue weighted by atomic mass is 10.1. The van der Waals surface area contributed by atoms with Crippen LogP contribution in [0.1, 0.15) is 56.7 Å². The second-order valence-corrected chi connectivity index (χ2v) is 11.7. The van der Waals surface area contributed by atoms with E-state index in [0.29, 0.717) is 25.1 Å². The molecule has 0 radical (unpaired) electrons. The molecule has 0 aliphatic heterocycles. The molecule has 0 heterocycles. The normalized spacial score (nSPS) is 12.0. The van der Waals surface area contributed by atoms with Crippen molar-refractivity contribution < 1.29 is 18.0 Å². The molecule has 0 saturated heterocycles. The van der Waals surface area contributed by atoms with E-state index < -0.39 is 28.5 Å². The predicted molar refractivity (Wildman–Crippen MR) is 161 cm³/mol. The molecule has 0 aliphatic rings. The molecule has 0 aliphatic carbocycles. The summed E-state index contributed by atoms with van der Waals surface area (Å²) in [6.07, 6.45) is 2.76. The highest BCUT2D eigenvalue weighted by Gasteiger charge is 2.34. The Hall–Kier alpha value is -3.65. The highest BCUT2D eigenvalue weighted by molar-refractivity contribution is 7.92. The quantitative estimate of drug-likeness (QED) is 0.263. The van der Waals surface area contributed by atoms with Gasteiger partial charge < -0.3 is 10.2 Å². The van der Waals surface area contributed by atoms with Crippen LogP contribution in [0.25, 0.3) is 0 Å². The summed E-state index contributed by atoms with van der Waals surface area (Å²) in [4.78, 5) is 29.1. The topological polar surface area (TPSA) is 86.8 Å². The lowest BCUT2D eigenvalue weighted by molar-refractivity contribution is -0.140. The van der Waals surface area contributed by atoms with Crippen LogP contribution in [0.15, 0.2) is 83.8 Å². The first-order valence-electron chi connectivity index (χ1n) is 14.0. The van der Waals surface area contributed by atoms with E-state index in [1.165, 1.54) is 21.3 Å². The second kappa shape index (κ2) is 14.7. The monoisotopic (exact) mass is 563 g/mol. The average Bonchev–Trinajstić information content (AvgIpc) is 2.97. The Balaban J connectivity index is 2.07. The molecule has 0 fully saturated rings. The Morgan fingerprint density at radius 2 is 1.48 bits per heavy atom. The van der Waals surface area contributed by atoms with Crippen LogP contribution in [0.4, 0.5) is 5.69 Å². The standard InChI is InChI=1S/C32H41N3O4S/c1-5-8-22-33-32(37)29(7-3)34(23-27-18-13-12-16-25(27)4)31(36)24-35(30-21-15-14-17-26(30)6-2)40(38,39)28-19-10-9-11-20-28/h9-21,29H,5-8,22-24H2,1-4H3,(H,33,37). The number of sulfonamides is 1. The number of hydrogen-bond acceptors (Lipinski definition) is 4. The Morgan fingerprint density at radius 3 is 2.10 bits per heavy atom. The third-order valence-corrected chi connectivity index (χ3v) is 8.84. The molecule has 0 spiro atoms. The second-order valence-electron chi connectivity index (χ2n) is 9.82. The zero-order chi connectivity index (χ0) is 29.1. The maximum Gasteiger partial charge on any atom is 0.264 e. The zero-order valence-corrected chi connectivity index (χ0v) is 24.8. The number of para-hydroxylation sites is 1. The van der Waals surface area contributed by atoms with Gasteiger partial charge in [-0.15, -0.1) is 0 Å². The number of nitrogens with one attached hydrogen (secondary N) is 1. The summed E-state index contributed by atoms with van der Waals surface area (Å²) in [7, 11) is -4.08. The van der Waals surface area contributed by atoms with Crippen molar-refractivity contribution in [3.8, 4) is 0 Å². The summed E-state index contributed by atoms with van der Waals surface area (Å²) in [5.41, 5.74) is 3.16. The fourth-order valence-electron chi connectivity index (χ4n) is 4.68. The van der Waals surface area contributed by atoms with Gasteiger partial charge in [-0.2, -0.15) is 0 Å². The number of carbonyl (C=O) groups is 2. The van der Waals surface area contributed by atoms with Crippen molar-refractivity contribution in [2.45, 2.75) is 70.9 Å². The molecule has 1 atom stereocenters. The highest BCUT2D eigenvalue weighted by Crippen LogP contribution is 2.28.